The maximum atomic E-state index is 13.3. The maximum absolute atomic E-state index is 13.3. The number of carbonyl (C=O) groups excluding carboxylic acids is 3. The second-order valence-corrected chi connectivity index (χ2v) is 7.72. The minimum atomic E-state index is -1.41. The Morgan fingerprint density at radius 1 is 1.24 bits per heavy atom. The first kappa shape index (κ1) is 20.9. The van der Waals surface area contributed by atoms with Crippen molar-refractivity contribution in [2.45, 2.75) is 24.8 Å². The van der Waals surface area contributed by atoms with Crippen LogP contribution in [0.4, 0.5) is 0 Å². The van der Waals surface area contributed by atoms with Gasteiger partial charge in [-0.05, 0) is 5.56 Å². The fourth-order valence-corrected chi connectivity index (χ4v) is 4.39. The largest absolute Gasteiger partial charge is 0.544 e. The molecule has 29 heavy (non-hydrogen) atoms. The van der Waals surface area contributed by atoms with Crippen LogP contribution in [0.15, 0.2) is 30.3 Å². The van der Waals surface area contributed by atoms with Gasteiger partial charge in [0.25, 0.3) is 0 Å². The molecule has 0 radical (unpaired) electrons. The van der Waals surface area contributed by atoms with Crippen LogP contribution in [0.2, 0.25) is 0 Å². The standard InChI is InChI=1S/C20H25N3O6/c24-17-8-15(14-4-2-1-3-5-14)11-22(17)12-18(25)23(13-20(28)29)7-6-21-10-16(23)9-19(26)27/h1-5,15-16,21H,6-13H2,(H-,26,27,28,29). The van der Waals surface area contributed by atoms with Crippen molar-refractivity contribution in [2.24, 2.45) is 0 Å². The van der Waals surface area contributed by atoms with Crippen molar-refractivity contribution in [2.75, 3.05) is 39.3 Å². The molecule has 0 spiro atoms. The number of rotatable bonds is 7. The van der Waals surface area contributed by atoms with Crippen LogP contribution >= 0.6 is 0 Å². The van der Waals surface area contributed by atoms with Gasteiger partial charge in [0.05, 0.1) is 18.9 Å². The van der Waals surface area contributed by atoms with E-state index in [-0.39, 0.29) is 44.3 Å². The molecule has 1 aromatic carbocycles. The Morgan fingerprint density at radius 2 is 1.97 bits per heavy atom. The smallest absolute Gasteiger partial charge is 0.333 e. The third-order valence-electron chi connectivity index (χ3n) is 5.90. The molecule has 2 amide bonds. The van der Waals surface area contributed by atoms with E-state index in [2.05, 4.69) is 5.32 Å². The summed E-state index contributed by atoms with van der Waals surface area (Å²) in [6.07, 6.45) is -0.0511. The minimum absolute atomic E-state index is 0.0241. The number of likely N-dealkylation sites (tertiary alicyclic amines) is 1. The van der Waals surface area contributed by atoms with Crippen LogP contribution < -0.4 is 10.4 Å². The summed E-state index contributed by atoms with van der Waals surface area (Å²) < 4.78 is -0.512. The van der Waals surface area contributed by atoms with Crippen LogP contribution in [0.5, 0.6) is 0 Å². The molecule has 2 fully saturated rings. The van der Waals surface area contributed by atoms with Crippen molar-refractivity contribution >= 4 is 23.8 Å². The van der Waals surface area contributed by atoms with Crippen molar-refractivity contribution in [1.82, 2.24) is 10.2 Å². The summed E-state index contributed by atoms with van der Waals surface area (Å²) in [5, 5.41) is 23.7. The molecule has 3 atom stereocenters. The summed E-state index contributed by atoms with van der Waals surface area (Å²) in [5.74, 6) is -3.16. The molecule has 3 unspecified atom stereocenters. The van der Waals surface area contributed by atoms with E-state index in [1.165, 1.54) is 4.90 Å². The molecule has 9 heteroatoms. The summed E-state index contributed by atoms with van der Waals surface area (Å²) in [4.78, 5) is 49.9. The van der Waals surface area contributed by atoms with Crippen molar-refractivity contribution in [3.8, 4) is 0 Å². The van der Waals surface area contributed by atoms with Crippen LogP contribution in [0.3, 0.4) is 0 Å². The third kappa shape index (κ3) is 4.63. The molecule has 2 aliphatic rings. The Kier molecular flexibility index (Phi) is 6.29. The maximum Gasteiger partial charge on any atom is 0.333 e. The molecule has 2 N–H and O–H groups in total. The summed E-state index contributed by atoms with van der Waals surface area (Å²) in [7, 11) is 0. The van der Waals surface area contributed by atoms with Gasteiger partial charge < -0.3 is 25.2 Å². The zero-order valence-corrected chi connectivity index (χ0v) is 16.1. The quantitative estimate of drug-likeness (QED) is 0.533. The number of nitrogens with zero attached hydrogens (tertiary/aromatic N) is 2. The van der Waals surface area contributed by atoms with Gasteiger partial charge in [-0.2, -0.15) is 0 Å². The fraction of sp³-hybridized carbons (Fsp3) is 0.500. The van der Waals surface area contributed by atoms with Gasteiger partial charge in [-0.15, -0.1) is 0 Å². The average molecular weight is 403 g/mol. The van der Waals surface area contributed by atoms with E-state index >= 15 is 0 Å². The van der Waals surface area contributed by atoms with Crippen molar-refractivity contribution in [1.29, 1.82) is 0 Å². The van der Waals surface area contributed by atoms with Crippen LogP contribution in [0.1, 0.15) is 24.3 Å². The van der Waals surface area contributed by atoms with Gasteiger partial charge in [0.15, 0.2) is 0 Å². The molecular formula is C20H25N3O6. The van der Waals surface area contributed by atoms with Crippen LogP contribution in [-0.4, -0.2) is 83.6 Å². The Morgan fingerprint density at radius 3 is 2.62 bits per heavy atom. The number of nitrogens with one attached hydrogen (secondary N) is 1. The number of aliphatic carboxylic acids is 2. The molecule has 0 bridgehead atoms. The van der Waals surface area contributed by atoms with Gasteiger partial charge >= 0.3 is 11.9 Å². The summed E-state index contributed by atoms with van der Waals surface area (Å²) >= 11 is 0. The zero-order valence-electron chi connectivity index (χ0n) is 16.1. The average Bonchev–Trinajstić information content (AvgIpc) is 3.04. The molecule has 2 saturated heterocycles. The number of carboxylic acid groups (broad SMARTS) is 2. The predicted octanol–water partition coefficient (Wildman–Crippen LogP) is -1.46. The molecule has 3 rings (SSSR count). The fourth-order valence-electron chi connectivity index (χ4n) is 4.39. The molecule has 0 aliphatic carbocycles. The summed E-state index contributed by atoms with van der Waals surface area (Å²) in [5.41, 5.74) is 1.01. The number of quaternary nitrogens is 1. The minimum Gasteiger partial charge on any atom is -0.544 e. The number of carbonyl (C=O) groups is 4. The number of hydrogen-bond donors (Lipinski definition) is 2. The van der Waals surface area contributed by atoms with Gasteiger partial charge in [0, 0.05) is 32.0 Å². The Labute approximate surface area is 168 Å². The first-order valence-corrected chi connectivity index (χ1v) is 9.67. The third-order valence-corrected chi connectivity index (χ3v) is 5.90. The molecule has 2 aliphatic heterocycles. The molecule has 9 nitrogen and oxygen atoms in total. The van der Waals surface area contributed by atoms with Gasteiger partial charge in [-0.1, -0.05) is 30.3 Å². The lowest BCUT2D eigenvalue weighted by Crippen LogP contribution is -2.71. The number of amides is 2. The molecular weight excluding hydrogens is 378 g/mol. The Bertz CT molecular complexity index is 799. The van der Waals surface area contributed by atoms with E-state index in [0.29, 0.717) is 13.1 Å². The van der Waals surface area contributed by atoms with Crippen LogP contribution in [0, 0.1) is 0 Å². The highest BCUT2D eigenvalue weighted by Gasteiger charge is 2.48. The van der Waals surface area contributed by atoms with E-state index in [4.69, 9.17) is 0 Å². The van der Waals surface area contributed by atoms with Crippen molar-refractivity contribution in [3.05, 3.63) is 35.9 Å². The lowest BCUT2D eigenvalue weighted by Gasteiger charge is -2.45. The number of hydrogen-bond acceptors (Lipinski definition) is 6. The lowest BCUT2D eigenvalue weighted by atomic mass is 9.98. The number of benzene rings is 1. The second kappa shape index (κ2) is 8.71. The topological polar surface area (TPSA) is 127 Å². The van der Waals surface area contributed by atoms with Crippen molar-refractivity contribution < 1.29 is 33.9 Å². The number of piperazine rings is 1. The highest BCUT2D eigenvalue weighted by molar-refractivity contribution is 5.85. The van der Waals surface area contributed by atoms with Gasteiger partial charge in [-0.25, -0.2) is 9.28 Å². The van der Waals surface area contributed by atoms with Gasteiger partial charge in [0.2, 0.25) is 5.91 Å². The molecule has 0 aromatic heterocycles. The predicted molar refractivity (Wildman–Crippen MR) is 99.3 cm³/mol. The molecule has 2 heterocycles. The molecule has 156 valence electrons. The second-order valence-electron chi connectivity index (χ2n) is 7.72. The summed E-state index contributed by atoms with van der Waals surface area (Å²) in [6, 6.07) is 8.83. The summed E-state index contributed by atoms with van der Waals surface area (Å²) in [6.45, 7) is 0.298. The Hall–Kier alpha value is -2.78. The monoisotopic (exact) mass is 403 g/mol. The first-order valence-electron chi connectivity index (χ1n) is 9.67. The van der Waals surface area contributed by atoms with E-state index in [1.807, 2.05) is 30.3 Å². The normalized spacial score (nSPS) is 27.0. The van der Waals surface area contributed by atoms with Crippen molar-refractivity contribution in [3.63, 3.8) is 0 Å². The molecule has 0 saturated carbocycles. The first-order chi connectivity index (χ1) is 13.8. The van der Waals surface area contributed by atoms with Gasteiger partial charge in [0.1, 0.15) is 19.1 Å². The molecule has 1 aromatic rings. The zero-order chi connectivity index (χ0) is 21.0. The highest BCUT2D eigenvalue weighted by atomic mass is 16.4. The Balaban J connectivity index is 1.78. The number of carboxylic acids is 2. The van der Waals surface area contributed by atoms with Crippen LogP contribution in [-0.2, 0) is 19.2 Å². The van der Waals surface area contributed by atoms with E-state index in [1.54, 1.807) is 0 Å². The van der Waals surface area contributed by atoms with E-state index < -0.39 is 34.9 Å². The van der Waals surface area contributed by atoms with E-state index in [0.717, 1.165) is 5.56 Å². The van der Waals surface area contributed by atoms with Crippen LogP contribution in [0.25, 0.3) is 0 Å². The highest BCUT2D eigenvalue weighted by Crippen LogP contribution is 2.29. The SMILES string of the molecule is O=C([O-])C[N+]1(C(=O)CN2CC(c3ccccc3)CC2=O)CCNCC1CC(=O)O. The van der Waals surface area contributed by atoms with Gasteiger partial charge in [-0.3, -0.25) is 9.59 Å². The van der Waals surface area contributed by atoms with E-state index in [9.17, 15) is 29.4 Å². The lowest BCUT2D eigenvalue weighted by molar-refractivity contribution is -0.876.